The number of ether oxygens (including phenoxy) is 4. The summed E-state index contributed by atoms with van der Waals surface area (Å²) < 4.78 is 92.8. The van der Waals surface area contributed by atoms with Gasteiger partial charge < -0.3 is 23.8 Å². The first-order valence-electron chi connectivity index (χ1n) is 15.9. The summed E-state index contributed by atoms with van der Waals surface area (Å²) in [5, 5.41) is 1.08. The molecular formula is C34H36F5N5O5. The van der Waals surface area contributed by atoms with Gasteiger partial charge in [-0.15, -0.1) is 0 Å². The molecule has 0 saturated carbocycles. The van der Waals surface area contributed by atoms with Crippen molar-refractivity contribution in [3.8, 4) is 23.0 Å². The number of methoxy groups -OCH3 is 1. The number of anilines is 1. The molecule has 15 heteroatoms. The number of amides is 1. The Hall–Kier alpha value is -4.53. The van der Waals surface area contributed by atoms with E-state index >= 15 is 8.78 Å². The van der Waals surface area contributed by atoms with Crippen LogP contribution >= 0.6 is 0 Å². The van der Waals surface area contributed by atoms with Crippen LogP contribution in [0.2, 0.25) is 0 Å². The van der Waals surface area contributed by atoms with Gasteiger partial charge in [-0.2, -0.15) is 23.1 Å². The van der Waals surface area contributed by atoms with Gasteiger partial charge in [0.2, 0.25) is 0 Å². The Bertz CT molecular complexity index is 1890. The molecule has 0 N–H and O–H groups in total. The fourth-order valence-electron chi connectivity index (χ4n) is 6.58. The summed E-state index contributed by atoms with van der Waals surface area (Å²) in [7, 11) is 1.44. The quantitative estimate of drug-likeness (QED) is 0.141. The van der Waals surface area contributed by atoms with Gasteiger partial charge in [-0.05, 0) is 74.6 Å². The molecule has 4 heterocycles. The molecule has 2 aliphatic rings. The summed E-state index contributed by atoms with van der Waals surface area (Å²) in [6.07, 6.45) is -2.20. The van der Waals surface area contributed by atoms with Crippen molar-refractivity contribution >= 4 is 33.6 Å². The second kappa shape index (κ2) is 13.1. The van der Waals surface area contributed by atoms with Crippen molar-refractivity contribution in [1.82, 2.24) is 19.9 Å². The zero-order chi connectivity index (χ0) is 35.2. The van der Waals surface area contributed by atoms with E-state index in [9.17, 15) is 18.0 Å². The van der Waals surface area contributed by atoms with E-state index < -0.39 is 42.1 Å². The van der Waals surface area contributed by atoms with Crippen LogP contribution in [-0.2, 0) is 15.9 Å². The summed E-state index contributed by atoms with van der Waals surface area (Å²) in [5.41, 5.74) is -0.738. The number of pyridine rings is 1. The maximum absolute atomic E-state index is 16.8. The first-order chi connectivity index (χ1) is 23.2. The third-order valence-electron chi connectivity index (χ3n) is 8.49. The molecule has 6 rings (SSSR count). The number of nitrogens with zero attached hydrogens (tertiary/aromatic N) is 5. The van der Waals surface area contributed by atoms with Crippen molar-refractivity contribution in [2.45, 2.75) is 70.8 Å². The lowest BCUT2D eigenvalue weighted by Crippen LogP contribution is -2.57. The van der Waals surface area contributed by atoms with Crippen LogP contribution in [0, 0.1) is 11.6 Å². The minimum Gasteiger partial charge on any atom is -0.468 e. The second-order valence-electron chi connectivity index (χ2n) is 13.1. The van der Waals surface area contributed by atoms with E-state index in [1.165, 1.54) is 25.4 Å². The zero-order valence-corrected chi connectivity index (χ0v) is 27.7. The van der Waals surface area contributed by atoms with Gasteiger partial charge in [-0.3, -0.25) is 9.88 Å². The number of alkyl halides is 3. The van der Waals surface area contributed by atoms with Crippen molar-refractivity contribution < 1.29 is 45.7 Å². The molecule has 2 aromatic carbocycles. The number of aryl methyl sites for hydroxylation is 1. The molecule has 49 heavy (non-hydrogen) atoms. The van der Waals surface area contributed by atoms with Gasteiger partial charge in [-0.25, -0.2) is 13.6 Å². The van der Waals surface area contributed by atoms with E-state index in [1.807, 2.05) is 0 Å². The predicted octanol–water partition coefficient (Wildman–Crippen LogP) is 7.20. The maximum atomic E-state index is 16.8. The van der Waals surface area contributed by atoms with Crippen LogP contribution in [0.3, 0.4) is 0 Å². The van der Waals surface area contributed by atoms with E-state index in [4.69, 9.17) is 18.9 Å². The Balaban J connectivity index is 1.48. The Kier molecular flexibility index (Phi) is 9.15. The number of hydrogen-bond donors (Lipinski definition) is 0. The Labute approximate surface area is 279 Å². The van der Waals surface area contributed by atoms with E-state index in [0.717, 1.165) is 0 Å². The average Bonchev–Trinajstić information content (AvgIpc) is 3.31. The first-order valence-corrected chi connectivity index (χ1v) is 15.9. The SMILES string of the molecule is CCc1c(F)ccc2cc(OCOC)cc(-c3ncc4c(N5CC6CCC(C5)N6C(=O)OC(C)(C)C)nc(OCC(F)(F)F)nc4c3F)c12. The molecular weight excluding hydrogens is 653 g/mol. The van der Waals surface area contributed by atoms with Crippen LogP contribution in [0.4, 0.5) is 32.6 Å². The fraction of sp³-hybridized carbons (Fsp3) is 0.471. The molecule has 1 amide bonds. The molecule has 0 radical (unpaired) electrons. The third-order valence-corrected chi connectivity index (χ3v) is 8.49. The van der Waals surface area contributed by atoms with Crippen LogP contribution in [0.1, 0.15) is 46.1 Å². The standard InChI is InChI=1S/C34H36F5N5O5/c1-6-22-25(35)10-7-18-11-21(48-17-46-5)12-23(26(18)22)28-27(36)29-24(13-40-28)30(42-31(41-29)47-16-34(37,38)39)43-14-19-8-9-20(15-43)44(19)32(45)49-33(2,3)4/h7,10-13,19-20H,6,8-9,14-17H2,1-5H3. The number of rotatable bonds is 8. The molecule has 10 nitrogen and oxygen atoms in total. The van der Waals surface area contributed by atoms with E-state index in [-0.39, 0.29) is 66.4 Å². The summed E-state index contributed by atoms with van der Waals surface area (Å²) in [6.45, 7) is 5.80. The van der Waals surface area contributed by atoms with Gasteiger partial charge >= 0.3 is 18.3 Å². The van der Waals surface area contributed by atoms with Gasteiger partial charge in [0.15, 0.2) is 19.2 Å². The normalized spacial score (nSPS) is 18.0. The smallest absolute Gasteiger partial charge is 0.422 e. The molecule has 4 aromatic rings. The fourth-order valence-corrected chi connectivity index (χ4v) is 6.58. The highest BCUT2D eigenvalue weighted by Gasteiger charge is 2.45. The minimum atomic E-state index is -4.71. The van der Waals surface area contributed by atoms with E-state index in [1.54, 1.807) is 49.6 Å². The summed E-state index contributed by atoms with van der Waals surface area (Å²) in [4.78, 5) is 29.4. The van der Waals surface area contributed by atoms with Crippen molar-refractivity contribution in [2.75, 3.05) is 38.5 Å². The second-order valence-corrected chi connectivity index (χ2v) is 13.1. The highest BCUT2D eigenvalue weighted by molar-refractivity contribution is 6.02. The third kappa shape index (κ3) is 6.98. The maximum Gasteiger partial charge on any atom is 0.422 e. The molecule has 2 aromatic heterocycles. The molecule has 2 bridgehead atoms. The minimum absolute atomic E-state index is 0.111. The van der Waals surface area contributed by atoms with Crippen molar-refractivity contribution in [3.05, 3.63) is 47.7 Å². The Morgan fingerprint density at radius 2 is 1.73 bits per heavy atom. The first kappa shape index (κ1) is 34.3. The lowest BCUT2D eigenvalue weighted by atomic mass is 9.94. The van der Waals surface area contributed by atoms with Gasteiger partial charge in [0.05, 0.1) is 17.5 Å². The molecule has 2 saturated heterocycles. The van der Waals surface area contributed by atoms with Crippen LogP contribution < -0.4 is 14.4 Å². The molecule has 2 unspecified atom stereocenters. The number of benzene rings is 2. The Morgan fingerprint density at radius 3 is 2.37 bits per heavy atom. The van der Waals surface area contributed by atoms with E-state index in [2.05, 4.69) is 15.0 Å². The van der Waals surface area contributed by atoms with E-state index in [0.29, 0.717) is 34.9 Å². The number of carbonyl (C=O) groups excluding carboxylic acids is 1. The number of halogens is 5. The van der Waals surface area contributed by atoms with Gasteiger partial charge in [0.1, 0.15) is 34.2 Å². The van der Waals surface area contributed by atoms with Gasteiger partial charge in [0.25, 0.3) is 0 Å². The monoisotopic (exact) mass is 689 g/mol. The number of fused-ring (bicyclic) bond motifs is 4. The highest BCUT2D eigenvalue weighted by Crippen LogP contribution is 2.41. The summed E-state index contributed by atoms with van der Waals surface area (Å²) in [6, 6.07) is 4.80. The molecule has 2 fully saturated rings. The van der Waals surface area contributed by atoms with Crippen molar-refractivity contribution in [2.24, 2.45) is 0 Å². The molecule has 2 atom stereocenters. The van der Waals surface area contributed by atoms with Gasteiger partial charge in [-0.1, -0.05) is 13.0 Å². The van der Waals surface area contributed by atoms with Crippen LogP contribution in [0.15, 0.2) is 30.5 Å². The molecule has 2 aliphatic heterocycles. The molecule has 262 valence electrons. The predicted molar refractivity (Wildman–Crippen MR) is 171 cm³/mol. The topological polar surface area (TPSA) is 99.1 Å². The highest BCUT2D eigenvalue weighted by atomic mass is 19.4. The van der Waals surface area contributed by atoms with Crippen molar-refractivity contribution in [1.29, 1.82) is 0 Å². The number of aromatic nitrogens is 3. The zero-order valence-electron chi connectivity index (χ0n) is 27.7. The number of piperazine rings is 1. The lowest BCUT2D eigenvalue weighted by molar-refractivity contribution is -0.154. The average molecular weight is 690 g/mol. The molecule has 0 spiro atoms. The number of carbonyl (C=O) groups is 1. The van der Waals surface area contributed by atoms with Crippen LogP contribution in [0.25, 0.3) is 32.9 Å². The lowest BCUT2D eigenvalue weighted by Gasteiger charge is -2.42. The van der Waals surface area contributed by atoms with Crippen molar-refractivity contribution in [3.63, 3.8) is 0 Å². The summed E-state index contributed by atoms with van der Waals surface area (Å²) in [5.74, 6) is -1.04. The molecule has 0 aliphatic carbocycles. The summed E-state index contributed by atoms with van der Waals surface area (Å²) >= 11 is 0. The van der Waals surface area contributed by atoms with Crippen LogP contribution in [0.5, 0.6) is 11.8 Å². The van der Waals surface area contributed by atoms with Crippen LogP contribution in [-0.4, -0.2) is 83.4 Å². The number of hydrogen-bond acceptors (Lipinski definition) is 9. The van der Waals surface area contributed by atoms with Gasteiger partial charge in [0, 0.05) is 32.0 Å². The largest absolute Gasteiger partial charge is 0.468 e. The Morgan fingerprint density at radius 1 is 1.02 bits per heavy atom.